The molecule has 1 aliphatic rings. The van der Waals surface area contributed by atoms with Gasteiger partial charge >= 0.3 is 5.97 Å². The molecule has 2 unspecified atom stereocenters. The van der Waals surface area contributed by atoms with Gasteiger partial charge in [-0.05, 0) is 44.9 Å². The van der Waals surface area contributed by atoms with Gasteiger partial charge in [-0.1, -0.05) is 0 Å². The number of fused-ring (bicyclic) bond motifs is 1. The van der Waals surface area contributed by atoms with Gasteiger partial charge in [0.05, 0.1) is 25.3 Å². The number of anilines is 1. The Morgan fingerprint density at radius 1 is 1.18 bits per heavy atom. The van der Waals surface area contributed by atoms with Crippen LogP contribution in [-0.2, 0) is 23.1 Å². The monoisotopic (exact) mass is 554 g/mol. The van der Waals surface area contributed by atoms with Crippen LogP contribution in [0.4, 0.5) is 5.82 Å². The molecule has 0 aliphatic carbocycles. The summed E-state index contributed by atoms with van der Waals surface area (Å²) in [6, 6.07) is 7.56. The van der Waals surface area contributed by atoms with Crippen LogP contribution >= 0.6 is 0 Å². The first-order valence-electron chi connectivity index (χ1n) is 12.6. The molecule has 1 saturated heterocycles. The van der Waals surface area contributed by atoms with Gasteiger partial charge in [0.2, 0.25) is 0 Å². The summed E-state index contributed by atoms with van der Waals surface area (Å²) in [5.74, 6) is -0.427. The number of aromatic nitrogens is 5. The van der Waals surface area contributed by atoms with E-state index in [0.717, 1.165) is 22.2 Å². The number of ether oxygens (including phenoxy) is 3. The van der Waals surface area contributed by atoms with Crippen molar-refractivity contribution < 1.29 is 34.3 Å². The second kappa shape index (κ2) is 11.9. The third kappa shape index (κ3) is 6.68. The fraction of sp³-hybridized carbons (Fsp3) is 0.407. The molecular formula is C27H34N6O7. The van der Waals surface area contributed by atoms with Crippen molar-refractivity contribution in [3.8, 4) is 22.8 Å². The van der Waals surface area contributed by atoms with Crippen LogP contribution in [-0.4, -0.2) is 71.7 Å². The minimum absolute atomic E-state index is 0.437. The Morgan fingerprint density at radius 2 is 1.93 bits per heavy atom. The Hall–Kier alpha value is -4.20. The highest BCUT2D eigenvalue weighted by Crippen LogP contribution is 2.38. The minimum Gasteiger partial charge on any atom is -0.497 e. The topological polar surface area (TPSA) is 166 Å². The van der Waals surface area contributed by atoms with E-state index in [0.29, 0.717) is 42.4 Å². The zero-order valence-corrected chi connectivity index (χ0v) is 23.0. The highest BCUT2D eigenvalue weighted by molar-refractivity contribution is 6.00. The van der Waals surface area contributed by atoms with Gasteiger partial charge in [0.15, 0.2) is 11.9 Å². The van der Waals surface area contributed by atoms with E-state index in [4.69, 9.17) is 24.4 Å². The number of hydrogen-bond donors (Lipinski definition) is 4. The van der Waals surface area contributed by atoms with Crippen molar-refractivity contribution in [1.29, 1.82) is 0 Å². The van der Waals surface area contributed by atoms with Crippen molar-refractivity contribution in [2.75, 3.05) is 19.5 Å². The van der Waals surface area contributed by atoms with Gasteiger partial charge in [0.1, 0.15) is 35.5 Å². The minimum atomic E-state index is -1.50. The van der Waals surface area contributed by atoms with Crippen LogP contribution in [0.15, 0.2) is 43.0 Å². The summed E-state index contributed by atoms with van der Waals surface area (Å²) in [6.07, 6.45) is 4.99. The van der Waals surface area contributed by atoms with E-state index >= 15 is 0 Å². The number of aryl methyl sites for hydroxylation is 1. The number of carboxylic acid groups (broad SMARTS) is 1. The summed E-state index contributed by atoms with van der Waals surface area (Å²) in [4.78, 5) is 20.5. The van der Waals surface area contributed by atoms with Crippen LogP contribution in [0.1, 0.15) is 38.5 Å². The van der Waals surface area contributed by atoms with E-state index in [1.54, 1.807) is 18.9 Å². The molecule has 1 fully saturated rings. The number of hydrogen-bond acceptors (Lipinski definition) is 10. The largest absolute Gasteiger partial charge is 0.497 e. The molecular weight excluding hydrogens is 520 g/mol. The van der Waals surface area contributed by atoms with Crippen molar-refractivity contribution in [2.45, 2.75) is 51.4 Å². The maximum atomic E-state index is 11.4. The van der Waals surface area contributed by atoms with Crippen LogP contribution in [0.2, 0.25) is 0 Å². The molecule has 13 nitrogen and oxygen atoms in total. The summed E-state index contributed by atoms with van der Waals surface area (Å²) < 4.78 is 20.2. The predicted molar refractivity (Wildman–Crippen MR) is 146 cm³/mol. The zero-order valence-electron chi connectivity index (χ0n) is 23.0. The zero-order chi connectivity index (χ0) is 29.0. The van der Waals surface area contributed by atoms with E-state index in [2.05, 4.69) is 20.4 Å². The fourth-order valence-electron chi connectivity index (χ4n) is 4.37. The van der Waals surface area contributed by atoms with Crippen molar-refractivity contribution >= 4 is 22.8 Å². The number of aliphatic carboxylic acids is 1. The lowest BCUT2D eigenvalue weighted by atomic mass is 10.1. The molecule has 0 saturated carbocycles. The number of carbonyl (C=O) groups is 1. The lowest BCUT2D eigenvalue weighted by Crippen LogP contribution is -2.20. The van der Waals surface area contributed by atoms with Crippen molar-refractivity contribution in [3.63, 3.8) is 0 Å². The standard InChI is InChI=1S/C24H26N6O5.C3H8O2/c1-29-9-8-17(28-29)16-12-30(20-7-6-18(35-20)24(31)32)23-21(16)22(26-13-27-23)25-11-14-4-5-15(33-2)10-19(14)34-3;1-3(2,4)5/h4-5,8-10,12-13,18,20H,6-7,11H2,1-3H3,(H,31,32)(H,25,26,27);4-5H,1-2H3. The molecule has 40 heavy (non-hydrogen) atoms. The highest BCUT2D eigenvalue weighted by atomic mass is 16.5. The Kier molecular flexibility index (Phi) is 8.57. The molecule has 3 aromatic heterocycles. The number of rotatable bonds is 8. The van der Waals surface area contributed by atoms with Gasteiger partial charge in [0.25, 0.3) is 0 Å². The van der Waals surface area contributed by atoms with E-state index in [1.807, 2.05) is 48.3 Å². The first-order valence-corrected chi connectivity index (χ1v) is 12.6. The molecule has 4 N–H and O–H groups in total. The maximum absolute atomic E-state index is 11.4. The molecule has 0 bridgehead atoms. The molecule has 4 aromatic rings. The highest BCUT2D eigenvalue weighted by Gasteiger charge is 2.33. The first kappa shape index (κ1) is 28.8. The van der Waals surface area contributed by atoms with Gasteiger partial charge in [-0.2, -0.15) is 5.10 Å². The quantitative estimate of drug-likeness (QED) is 0.237. The smallest absolute Gasteiger partial charge is 0.332 e. The summed E-state index contributed by atoms with van der Waals surface area (Å²) in [7, 11) is 5.08. The van der Waals surface area contributed by atoms with Gasteiger partial charge in [-0.25, -0.2) is 14.8 Å². The van der Waals surface area contributed by atoms with Gasteiger partial charge in [0, 0.05) is 43.2 Å². The number of carboxylic acids is 1. The molecule has 0 amide bonds. The molecule has 214 valence electrons. The van der Waals surface area contributed by atoms with Crippen LogP contribution < -0.4 is 14.8 Å². The molecule has 1 aromatic carbocycles. The summed E-state index contributed by atoms with van der Waals surface area (Å²) in [6.45, 7) is 3.05. The second-order valence-electron chi connectivity index (χ2n) is 9.77. The van der Waals surface area contributed by atoms with Crippen molar-refractivity contribution in [3.05, 3.63) is 48.5 Å². The number of methoxy groups -OCH3 is 2. The van der Waals surface area contributed by atoms with Gasteiger partial charge in [-0.15, -0.1) is 0 Å². The maximum Gasteiger partial charge on any atom is 0.332 e. The molecule has 0 spiro atoms. The summed E-state index contributed by atoms with van der Waals surface area (Å²) in [5.41, 5.74) is 3.15. The van der Waals surface area contributed by atoms with Gasteiger partial charge < -0.3 is 39.4 Å². The number of benzene rings is 1. The average Bonchev–Trinajstić information content (AvgIpc) is 3.64. The lowest BCUT2D eigenvalue weighted by molar-refractivity contribution is -0.151. The van der Waals surface area contributed by atoms with E-state index in [1.165, 1.54) is 20.2 Å². The van der Waals surface area contributed by atoms with Crippen LogP contribution in [0.25, 0.3) is 22.3 Å². The Labute approximate surface area is 231 Å². The van der Waals surface area contributed by atoms with Crippen LogP contribution in [0.5, 0.6) is 11.5 Å². The lowest BCUT2D eigenvalue weighted by Gasteiger charge is -2.14. The number of aliphatic hydroxyl groups is 2. The van der Waals surface area contributed by atoms with E-state index in [-0.39, 0.29) is 0 Å². The molecule has 1 aliphatic heterocycles. The van der Waals surface area contributed by atoms with Gasteiger partial charge in [-0.3, -0.25) is 4.68 Å². The molecule has 13 heteroatoms. The fourth-order valence-corrected chi connectivity index (χ4v) is 4.37. The Morgan fingerprint density at radius 3 is 2.52 bits per heavy atom. The SMILES string of the molecule is CC(C)(O)O.COc1ccc(CNc2ncnc3c2c(-c2ccn(C)n2)cn3C2CCC(C(=O)O)O2)c(OC)c1. The van der Waals surface area contributed by atoms with Crippen LogP contribution in [0, 0.1) is 0 Å². The first-order chi connectivity index (χ1) is 19.0. The molecule has 5 rings (SSSR count). The van der Waals surface area contributed by atoms with Crippen molar-refractivity contribution in [1.82, 2.24) is 24.3 Å². The van der Waals surface area contributed by atoms with E-state index in [9.17, 15) is 9.90 Å². The van der Waals surface area contributed by atoms with Crippen LogP contribution in [0.3, 0.4) is 0 Å². The Bertz CT molecular complexity index is 1470. The third-order valence-corrected chi connectivity index (χ3v) is 6.12. The van der Waals surface area contributed by atoms with E-state index < -0.39 is 24.1 Å². The second-order valence-corrected chi connectivity index (χ2v) is 9.77. The summed E-state index contributed by atoms with van der Waals surface area (Å²) >= 11 is 0. The Balaban J connectivity index is 0.000000681. The predicted octanol–water partition coefficient (Wildman–Crippen LogP) is 2.93. The normalized spacial score (nSPS) is 16.9. The summed E-state index contributed by atoms with van der Waals surface area (Å²) in [5, 5.41) is 34.3. The molecule has 0 radical (unpaired) electrons. The third-order valence-electron chi connectivity index (χ3n) is 6.12. The average molecular weight is 555 g/mol. The molecule has 4 heterocycles. The molecule has 2 atom stereocenters. The number of nitrogens with one attached hydrogen (secondary N) is 1. The number of nitrogens with zero attached hydrogens (tertiary/aromatic N) is 5. The van der Waals surface area contributed by atoms with Crippen molar-refractivity contribution in [2.24, 2.45) is 7.05 Å².